The molecule has 1 heterocycles. The summed E-state index contributed by atoms with van der Waals surface area (Å²) in [5.74, 6) is -1.06. The maximum absolute atomic E-state index is 13.4. The van der Waals surface area contributed by atoms with E-state index in [9.17, 15) is 35.9 Å². The Morgan fingerprint density at radius 1 is 0.886 bits per heavy atom. The van der Waals surface area contributed by atoms with Crippen LogP contribution in [0.3, 0.4) is 0 Å². The van der Waals surface area contributed by atoms with Gasteiger partial charge in [0.25, 0.3) is 5.91 Å². The van der Waals surface area contributed by atoms with Gasteiger partial charge < -0.3 is 15.0 Å². The molecule has 44 heavy (non-hydrogen) atoms. The number of amides is 2. The first-order valence-corrected chi connectivity index (χ1v) is 13.5. The minimum Gasteiger partial charge on any atom is -0.497 e. The Morgan fingerprint density at radius 3 is 2.05 bits per heavy atom. The van der Waals surface area contributed by atoms with Crippen LogP contribution in [0, 0.1) is 0 Å². The third-order valence-corrected chi connectivity index (χ3v) is 6.60. The molecule has 4 rings (SSSR count). The summed E-state index contributed by atoms with van der Waals surface area (Å²) in [4.78, 5) is 27.5. The first kappa shape index (κ1) is 32.1. The van der Waals surface area contributed by atoms with Crippen LogP contribution in [0.5, 0.6) is 5.75 Å². The highest BCUT2D eigenvalue weighted by Crippen LogP contribution is 2.36. The molecule has 1 aromatic heterocycles. The average Bonchev–Trinajstić information content (AvgIpc) is 3.41. The lowest BCUT2D eigenvalue weighted by Crippen LogP contribution is -2.39. The highest BCUT2D eigenvalue weighted by Gasteiger charge is 2.38. The second-order valence-electron chi connectivity index (χ2n) is 9.81. The van der Waals surface area contributed by atoms with E-state index in [4.69, 9.17) is 4.74 Å². The quantitative estimate of drug-likeness (QED) is 0.187. The van der Waals surface area contributed by atoms with E-state index in [-0.39, 0.29) is 18.4 Å². The number of halogens is 6. The summed E-state index contributed by atoms with van der Waals surface area (Å²) < 4.78 is 87.2. The maximum Gasteiger partial charge on any atom is 0.416 e. The van der Waals surface area contributed by atoms with E-state index in [0.29, 0.717) is 42.1 Å². The van der Waals surface area contributed by atoms with Crippen molar-refractivity contribution in [3.8, 4) is 22.7 Å². The smallest absolute Gasteiger partial charge is 0.416 e. The summed E-state index contributed by atoms with van der Waals surface area (Å²) in [6, 6.07) is 18.2. The highest BCUT2D eigenvalue weighted by atomic mass is 19.4. The number of aromatic nitrogens is 2. The average molecular weight is 619 g/mol. The zero-order chi connectivity index (χ0) is 32.1. The number of anilines is 1. The van der Waals surface area contributed by atoms with E-state index in [1.54, 1.807) is 37.3 Å². The lowest BCUT2D eigenvalue weighted by atomic mass is 10.0. The van der Waals surface area contributed by atoms with Gasteiger partial charge in [-0.15, -0.1) is 0 Å². The number of unbranched alkanes of at least 4 members (excludes halogenated alkanes) is 1. The number of hydrogen-bond donors (Lipinski definition) is 1. The van der Waals surface area contributed by atoms with Gasteiger partial charge in [-0.1, -0.05) is 43.7 Å². The number of methoxy groups -OCH3 is 1. The van der Waals surface area contributed by atoms with Crippen molar-refractivity contribution in [2.75, 3.05) is 25.5 Å². The molecule has 4 aromatic rings. The number of hydrogen-bond acceptors (Lipinski definition) is 4. The summed E-state index contributed by atoms with van der Waals surface area (Å²) in [5, 5.41) is 7.29. The second kappa shape index (κ2) is 13.2. The molecule has 232 valence electrons. The Bertz CT molecular complexity index is 1570. The van der Waals surface area contributed by atoms with Crippen molar-refractivity contribution in [2.45, 2.75) is 32.1 Å². The van der Waals surface area contributed by atoms with E-state index in [0.717, 1.165) is 10.5 Å². The molecule has 0 unspecified atom stereocenters. The largest absolute Gasteiger partial charge is 0.497 e. The zero-order valence-corrected chi connectivity index (χ0v) is 23.7. The molecule has 3 aromatic carbocycles. The lowest BCUT2D eigenvalue weighted by Gasteiger charge is -2.23. The molecular formula is C31H28F6N4O3. The van der Waals surface area contributed by atoms with E-state index in [1.165, 1.54) is 11.8 Å². The predicted octanol–water partition coefficient (Wildman–Crippen LogP) is 7.47. The van der Waals surface area contributed by atoms with Gasteiger partial charge in [-0.2, -0.15) is 31.4 Å². The Hall–Kier alpha value is -4.81. The van der Waals surface area contributed by atoms with Gasteiger partial charge >= 0.3 is 12.4 Å². The lowest BCUT2D eigenvalue weighted by molar-refractivity contribution is -0.143. The van der Waals surface area contributed by atoms with Crippen molar-refractivity contribution >= 4 is 17.6 Å². The van der Waals surface area contributed by atoms with Crippen molar-refractivity contribution in [3.05, 3.63) is 95.6 Å². The highest BCUT2D eigenvalue weighted by molar-refractivity contribution is 5.99. The molecule has 0 saturated carbocycles. The number of rotatable bonds is 10. The fourth-order valence-corrected chi connectivity index (χ4v) is 4.36. The predicted molar refractivity (Wildman–Crippen MR) is 151 cm³/mol. The van der Waals surface area contributed by atoms with Crippen molar-refractivity contribution in [1.82, 2.24) is 14.7 Å². The summed E-state index contributed by atoms with van der Waals surface area (Å²) in [7, 11) is 1.51. The Kier molecular flexibility index (Phi) is 9.65. The SMILES string of the molecule is CCCCN(CC(=O)Nc1cc(-c2ccccc2)nn1-c1ccc(OC)cc1)C(=O)c1cc(C(F)(F)F)cc(C(F)(F)F)c1. The molecule has 0 spiro atoms. The Balaban J connectivity index is 1.65. The fraction of sp³-hybridized carbons (Fsp3) is 0.258. The monoisotopic (exact) mass is 618 g/mol. The first-order chi connectivity index (χ1) is 20.8. The Labute approximate surface area is 249 Å². The van der Waals surface area contributed by atoms with Crippen LogP contribution in [-0.2, 0) is 17.1 Å². The van der Waals surface area contributed by atoms with Gasteiger partial charge in [0, 0.05) is 23.7 Å². The minimum absolute atomic E-state index is 0.0511. The summed E-state index contributed by atoms with van der Waals surface area (Å²) in [5.41, 5.74) is -2.24. The van der Waals surface area contributed by atoms with Crippen molar-refractivity contribution in [2.24, 2.45) is 0 Å². The van der Waals surface area contributed by atoms with Crippen LogP contribution in [0.15, 0.2) is 78.9 Å². The molecule has 2 amide bonds. The summed E-state index contributed by atoms with van der Waals surface area (Å²) in [6.07, 6.45) is -9.35. The van der Waals surface area contributed by atoms with E-state index < -0.39 is 47.4 Å². The van der Waals surface area contributed by atoms with Crippen LogP contribution in [0.1, 0.15) is 41.3 Å². The standard InChI is InChI=1S/C31H28F6N4O3/c1-3-4-14-40(29(43)21-15-22(30(32,33)34)17-23(16-21)31(35,36)37)19-28(42)38-27-18-26(20-8-6-5-7-9-20)39-41(27)24-10-12-25(44-2)13-11-24/h5-13,15-18H,3-4,14,19H2,1-2H3,(H,38,42). The number of carbonyl (C=O) groups excluding carboxylic acids is 2. The Morgan fingerprint density at radius 2 is 1.50 bits per heavy atom. The van der Waals surface area contributed by atoms with Crippen molar-refractivity contribution < 1.29 is 40.7 Å². The van der Waals surface area contributed by atoms with Crippen LogP contribution in [-0.4, -0.2) is 46.7 Å². The van der Waals surface area contributed by atoms with Gasteiger partial charge in [-0.3, -0.25) is 9.59 Å². The van der Waals surface area contributed by atoms with E-state index in [1.807, 2.05) is 30.3 Å². The molecule has 0 aliphatic rings. The third kappa shape index (κ3) is 7.77. The van der Waals surface area contributed by atoms with Crippen LogP contribution in [0.2, 0.25) is 0 Å². The topological polar surface area (TPSA) is 76.5 Å². The fourth-order valence-electron chi connectivity index (χ4n) is 4.36. The van der Waals surface area contributed by atoms with Gasteiger partial charge in [0.05, 0.1) is 29.6 Å². The molecule has 13 heteroatoms. The molecule has 0 aliphatic heterocycles. The van der Waals surface area contributed by atoms with Crippen LogP contribution >= 0.6 is 0 Å². The number of benzene rings is 3. The van der Waals surface area contributed by atoms with Crippen molar-refractivity contribution in [3.63, 3.8) is 0 Å². The normalized spacial score (nSPS) is 11.7. The van der Waals surface area contributed by atoms with Gasteiger partial charge in [0.2, 0.25) is 5.91 Å². The number of ether oxygens (including phenoxy) is 1. The van der Waals surface area contributed by atoms with Gasteiger partial charge in [-0.05, 0) is 48.9 Å². The first-order valence-electron chi connectivity index (χ1n) is 13.5. The zero-order valence-electron chi connectivity index (χ0n) is 23.7. The molecule has 0 bridgehead atoms. The molecular weight excluding hydrogens is 590 g/mol. The van der Waals surface area contributed by atoms with Gasteiger partial charge in [0.15, 0.2) is 0 Å². The van der Waals surface area contributed by atoms with Crippen LogP contribution in [0.4, 0.5) is 32.2 Å². The van der Waals surface area contributed by atoms with Crippen molar-refractivity contribution in [1.29, 1.82) is 0 Å². The van der Waals surface area contributed by atoms with E-state index >= 15 is 0 Å². The number of carbonyl (C=O) groups is 2. The molecule has 0 radical (unpaired) electrons. The molecule has 0 atom stereocenters. The number of nitrogens with zero attached hydrogens (tertiary/aromatic N) is 3. The molecule has 0 saturated heterocycles. The molecule has 7 nitrogen and oxygen atoms in total. The molecule has 1 N–H and O–H groups in total. The molecule has 0 fully saturated rings. The second-order valence-corrected chi connectivity index (χ2v) is 9.81. The summed E-state index contributed by atoms with van der Waals surface area (Å²) >= 11 is 0. The van der Waals surface area contributed by atoms with Crippen LogP contribution < -0.4 is 10.1 Å². The number of alkyl halides is 6. The van der Waals surface area contributed by atoms with E-state index in [2.05, 4.69) is 10.4 Å². The van der Waals surface area contributed by atoms with Crippen LogP contribution in [0.25, 0.3) is 16.9 Å². The molecule has 0 aliphatic carbocycles. The third-order valence-electron chi connectivity index (χ3n) is 6.60. The minimum atomic E-state index is -5.13. The van der Waals surface area contributed by atoms with Gasteiger partial charge in [0.1, 0.15) is 18.1 Å². The number of nitrogens with one attached hydrogen (secondary N) is 1. The summed E-state index contributed by atoms with van der Waals surface area (Å²) in [6.45, 7) is 1.07. The maximum atomic E-state index is 13.4. The van der Waals surface area contributed by atoms with Gasteiger partial charge in [-0.25, -0.2) is 4.68 Å².